The van der Waals surface area contributed by atoms with Crippen molar-refractivity contribution in [1.82, 2.24) is 4.31 Å². The van der Waals surface area contributed by atoms with Crippen molar-refractivity contribution in [3.63, 3.8) is 0 Å². The molecule has 150 valence electrons. The second-order valence-electron chi connectivity index (χ2n) is 7.09. The molecule has 1 saturated heterocycles. The van der Waals surface area contributed by atoms with E-state index in [1.54, 1.807) is 43.3 Å². The van der Waals surface area contributed by atoms with E-state index in [4.69, 9.17) is 4.74 Å². The second-order valence-corrected chi connectivity index (χ2v) is 9.03. The van der Waals surface area contributed by atoms with Crippen LogP contribution in [0.25, 0.3) is 0 Å². The van der Waals surface area contributed by atoms with Gasteiger partial charge in [-0.2, -0.15) is 4.31 Å². The molecule has 0 atom stereocenters. The fourth-order valence-corrected chi connectivity index (χ4v) is 4.95. The van der Waals surface area contributed by atoms with E-state index in [9.17, 15) is 13.2 Å². The van der Waals surface area contributed by atoms with Crippen LogP contribution in [0.15, 0.2) is 53.4 Å². The number of benzene rings is 2. The Morgan fingerprint density at radius 2 is 1.75 bits per heavy atom. The van der Waals surface area contributed by atoms with Gasteiger partial charge < -0.3 is 9.64 Å². The van der Waals surface area contributed by atoms with Gasteiger partial charge in [0.25, 0.3) is 0 Å². The van der Waals surface area contributed by atoms with Gasteiger partial charge >= 0.3 is 0 Å². The molecule has 0 radical (unpaired) electrons. The number of rotatable bonds is 5. The first-order valence-corrected chi connectivity index (χ1v) is 10.8. The van der Waals surface area contributed by atoms with Crippen molar-refractivity contribution >= 4 is 21.6 Å². The number of hydrogen-bond donors (Lipinski definition) is 0. The van der Waals surface area contributed by atoms with E-state index >= 15 is 0 Å². The van der Waals surface area contributed by atoms with Gasteiger partial charge in [0.05, 0.1) is 12.0 Å². The Morgan fingerprint density at radius 1 is 1.11 bits per heavy atom. The van der Waals surface area contributed by atoms with Crippen molar-refractivity contribution in [2.75, 3.05) is 32.1 Å². The molecule has 0 aliphatic carbocycles. The van der Waals surface area contributed by atoms with E-state index in [2.05, 4.69) is 0 Å². The SMILES string of the molecule is COc1ccc(S(=O)(=O)N2CCC(C(=O)N(C)c3cccc(C)c3)CC2)cc1. The zero-order valence-electron chi connectivity index (χ0n) is 16.5. The third kappa shape index (κ3) is 4.20. The molecule has 7 heteroatoms. The number of methoxy groups -OCH3 is 1. The topological polar surface area (TPSA) is 66.9 Å². The third-order valence-corrected chi connectivity index (χ3v) is 7.13. The lowest BCUT2D eigenvalue weighted by Gasteiger charge is -2.32. The molecule has 0 bridgehead atoms. The molecule has 0 spiro atoms. The molecule has 28 heavy (non-hydrogen) atoms. The first-order chi connectivity index (χ1) is 13.3. The highest BCUT2D eigenvalue weighted by Gasteiger charge is 2.33. The second kappa shape index (κ2) is 8.32. The van der Waals surface area contributed by atoms with Crippen LogP contribution in [0.1, 0.15) is 18.4 Å². The molecule has 0 N–H and O–H groups in total. The van der Waals surface area contributed by atoms with Crippen molar-refractivity contribution in [2.45, 2.75) is 24.7 Å². The zero-order chi connectivity index (χ0) is 20.3. The number of amides is 1. The maximum atomic E-state index is 12.9. The van der Waals surface area contributed by atoms with Crippen molar-refractivity contribution in [1.29, 1.82) is 0 Å². The Balaban J connectivity index is 1.65. The van der Waals surface area contributed by atoms with E-state index in [-0.39, 0.29) is 16.7 Å². The standard InChI is InChI=1S/C21H26N2O4S/c1-16-5-4-6-18(15-16)22(2)21(24)17-11-13-23(14-12-17)28(25,26)20-9-7-19(27-3)8-10-20/h4-10,15,17H,11-14H2,1-3H3. The van der Waals surface area contributed by atoms with Gasteiger partial charge in [0.15, 0.2) is 0 Å². The highest BCUT2D eigenvalue weighted by molar-refractivity contribution is 7.89. The number of carbonyl (C=O) groups is 1. The van der Waals surface area contributed by atoms with Gasteiger partial charge in [-0.1, -0.05) is 12.1 Å². The summed E-state index contributed by atoms with van der Waals surface area (Å²) in [6.45, 7) is 2.67. The average Bonchev–Trinajstić information content (AvgIpc) is 2.72. The number of aryl methyl sites for hydroxylation is 1. The predicted octanol–water partition coefficient (Wildman–Crippen LogP) is 3.07. The van der Waals surface area contributed by atoms with Gasteiger partial charge in [-0.25, -0.2) is 8.42 Å². The van der Waals surface area contributed by atoms with Gasteiger partial charge in [-0.15, -0.1) is 0 Å². The molecule has 0 aromatic heterocycles. The molecule has 1 aliphatic rings. The minimum Gasteiger partial charge on any atom is -0.497 e. The molecular formula is C21H26N2O4S. The molecule has 1 fully saturated rings. The van der Waals surface area contributed by atoms with Gasteiger partial charge in [-0.3, -0.25) is 4.79 Å². The summed E-state index contributed by atoms with van der Waals surface area (Å²) in [4.78, 5) is 14.8. The minimum atomic E-state index is -3.56. The summed E-state index contributed by atoms with van der Waals surface area (Å²) in [7, 11) is -0.245. The van der Waals surface area contributed by atoms with E-state index < -0.39 is 10.0 Å². The van der Waals surface area contributed by atoms with Crippen LogP contribution < -0.4 is 9.64 Å². The van der Waals surface area contributed by atoms with Crippen LogP contribution in [0.5, 0.6) is 5.75 Å². The molecule has 2 aromatic carbocycles. The van der Waals surface area contributed by atoms with Gasteiger partial charge in [-0.05, 0) is 61.7 Å². The summed E-state index contributed by atoms with van der Waals surface area (Å²) in [5.41, 5.74) is 1.95. The van der Waals surface area contributed by atoms with Crippen LogP contribution in [-0.4, -0.2) is 45.9 Å². The molecule has 6 nitrogen and oxygen atoms in total. The zero-order valence-corrected chi connectivity index (χ0v) is 17.3. The monoisotopic (exact) mass is 402 g/mol. The first-order valence-electron chi connectivity index (χ1n) is 9.31. The number of nitrogens with zero attached hydrogens (tertiary/aromatic N) is 2. The molecular weight excluding hydrogens is 376 g/mol. The molecule has 0 unspecified atom stereocenters. The number of anilines is 1. The smallest absolute Gasteiger partial charge is 0.243 e. The molecule has 1 amide bonds. The Kier molecular flexibility index (Phi) is 6.05. The van der Waals surface area contributed by atoms with Crippen LogP contribution in [0.4, 0.5) is 5.69 Å². The number of carbonyl (C=O) groups excluding carboxylic acids is 1. The summed E-state index contributed by atoms with van der Waals surface area (Å²) in [6.07, 6.45) is 1.04. The van der Waals surface area contributed by atoms with Crippen LogP contribution in [0, 0.1) is 12.8 Å². The van der Waals surface area contributed by atoms with Crippen molar-refractivity contribution in [3.8, 4) is 5.75 Å². The minimum absolute atomic E-state index is 0.0343. The normalized spacial score (nSPS) is 16.0. The third-order valence-electron chi connectivity index (χ3n) is 5.22. The highest BCUT2D eigenvalue weighted by Crippen LogP contribution is 2.27. The number of ether oxygens (including phenoxy) is 1. The Bertz CT molecular complexity index is 933. The lowest BCUT2D eigenvalue weighted by atomic mass is 9.96. The Morgan fingerprint density at radius 3 is 2.32 bits per heavy atom. The molecule has 1 aliphatic heterocycles. The van der Waals surface area contributed by atoms with Crippen molar-refractivity contribution in [2.24, 2.45) is 5.92 Å². The van der Waals surface area contributed by atoms with Crippen LogP contribution in [0.3, 0.4) is 0 Å². The van der Waals surface area contributed by atoms with Crippen LogP contribution in [0.2, 0.25) is 0 Å². The molecule has 3 rings (SSSR count). The number of piperidine rings is 1. The van der Waals surface area contributed by atoms with Gasteiger partial charge in [0, 0.05) is 31.7 Å². The first kappa shape index (κ1) is 20.4. The van der Waals surface area contributed by atoms with E-state index in [1.165, 1.54) is 4.31 Å². The maximum Gasteiger partial charge on any atom is 0.243 e. The fourth-order valence-electron chi connectivity index (χ4n) is 3.48. The fraction of sp³-hybridized carbons (Fsp3) is 0.381. The molecule has 0 saturated carbocycles. The molecule has 2 aromatic rings. The van der Waals surface area contributed by atoms with Crippen molar-refractivity contribution in [3.05, 3.63) is 54.1 Å². The lowest BCUT2D eigenvalue weighted by Crippen LogP contribution is -2.43. The number of sulfonamides is 1. The van der Waals surface area contributed by atoms with E-state index in [0.29, 0.717) is 31.7 Å². The van der Waals surface area contributed by atoms with Crippen molar-refractivity contribution < 1.29 is 17.9 Å². The van der Waals surface area contributed by atoms with Crippen LogP contribution >= 0.6 is 0 Å². The summed E-state index contributed by atoms with van der Waals surface area (Å²) < 4.78 is 32.2. The molecule has 1 heterocycles. The van der Waals surface area contributed by atoms with E-state index in [0.717, 1.165) is 11.3 Å². The summed E-state index contributed by atoms with van der Waals surface area (Å²) in [5, 5.41) is 0. The average molecular weight is 403 g/mol. The quantitative estimate of drug-likeness (QED) is 0.771. The summed E-state index contributed by atoms with van der Waals surface area (Å²) in [6, 6.07) is 14.2. The highest BCUT2D eigenvalue weighted by atomic mass is 32.2. The maximum absolute atomic E-state index is 12.9. The lowest BCUT2D eigenvalue weighted by molar-refractivity contribution is -0.123. The van der Waals surface area contributed by atoms with E-state index in [1.807, 2.05) is 31.2 Å². The summed E-state index contributed by atoms with van der Waals surface area (Å²) in [5.74, 6) is 0.474. The van der Waals surface area contributed by atoms with Crippen LogP contribution in [-0.2, 0) is 14.8 Å². The number of hydrogen-bond acceptors (Lipinski definition) is 4. The van der Waals surface area contributed by atoms with Gasteiger partial charge in [0.1, 0.15) is 5.75 Å². The predicted molar refractivity (Wildman–Crippen MR) is 109 cm³/mol. The largest absolute Gasteiger partial charge is 0.497 e. The Hall–Kier alpha value is -2.38. The van der Waals surface area contributed by atoms with Gasteiger partial charge in [0.2, 0.25) is 15.9 Å². The Labute approximate surface area is 166 Å². The summed E-state index contributed by atoms with van der Waals surface area (Å²) >= 11 is 0.